The topological polar surface area (TPSA) is 48.8 Å². The summed E-state index contributed by atoms with van der Waals surface area (Å²) in [5.41, 5.74) is 4.34. The largest absolute Gasteiger partial charge is 0.496 e. The van der Waals surface area contributed by atoms with Crippen molar-refractivity contribution < 1.29 is 18.6 Å². The van der Waals surface area contributed by atoms with Gasteiger partial charge in [-0.3, -0.25) is 9.58 Å². The van der Waals surface area contributed by atoms with Crippen LogP contribution in [0.4, 0.5) is 4.39 Å². The molecule has 3 aromatic rings. The van der Waals surface area contributed by atoms with Crippen molar-refractivity contribution in [1.29, 1.82) is 0 Å². The molecule has 0 saturated carbocycles. The maximum atomic E-state index is 13.0. The summed E-state index contributed by atoms with van der Waals surface area (Å²) in [5, 5.41) is 4.70. The molecule has 1 fully saturated rings. The average molecular weight is 440 g/mol. The number of hydrogen-bond donors (Lipinski definition) is 0. The van der Waals surface area contributed by atoms with Crippen LogP contribution in [0.5, 0.6) is 11.5 Å². The summed E-state index contributed by atoms with van der Waals surface area (Å²) in [5.74, 6) is 1.35. The van der Waals surface area contributed by atoms with Crippen LogP contribution in [0.1, 0.15) is 28.6 Å². The Bertz CT molecular complexity index is 1040. The van der Waals surface area contributed by atoms with Gasteiger partial charge in [-0.25, -0.2) is 4.39 Å². The van der Waals surface area contributed by atoms with Gasteiger partial charge in [-0.05, 0) is 42.8 Å². The summed E-state index contributed by atoms with van der Waals surface area (Å²) in [7, 11) is 3.66. The third kappa shape index (κ3) is 5.29. The lowest BCUT2D eigenvalue weighted by Gasteiger charge is -2.32. The van der Waals surface area contributed by atoms with Crippen LogP contribution >= 0.6 is 0 Å². The monoisotopic (exact) mass is 439 g/mol. The van der Waals surface area contributed by atoms with Crippen molar-refractivity contribution in [1.82, 2.24) is 14.7 Å². The van der Waals surface area contributed by atoms with Gasteiger partial charge in [-0.15, -0.1) is 0 Å². The van der Waals surface area contributed by atoms with Crippen LogP contribution in [0.25, 0.3) is 0 Å². The van der Waals surface area contributed by atoms with Crippen molar-refractivity contribution in [2.45, 2.75) is 26.0 Å². The molecule has 7 heteroatoms. The van der Waals surface area contributed by atoms with Crippen LogP contribution in [0.15, 0.2) is 48.5 Å². The molecule has 1 saturated heterocycles. The first kappa shape index (κ1) is 22.3. The first-order valence-electron chi connectivity index (χ1n) is 10.9. The highest BCUT2D eigenvalue weighted by molar-refractivity contribution is 5.40. The van der Waals surface area contributed by atoms with E-state index < -0.39 is 0 Å². The van der Waals surface area contributed by atoms with E-state index in [0.717, 1.165) is 42.3 Å². The standard InChI is InChI=1S/C25H30FN3O3/c1-18-5-4-6-19(25(18)30-3)16-29-12-14-32-24(17-29)23-15-21(28(2)27-23)11-13-31-22-9-7-20(26)8-10-22/h4-10,15,24H,11-14,16-17H2,1-3H3/t24-/m0/s1. The smallest absolute Gasteiger partial charge is 0.126 e. The number of para-hydroxylation sites is 1. The molecule has 32 heavy (non-hydrogen) atoms. The van der Waals surface area contributed by atoms with E-state index in [4.69, 9.17) is 19.3 Å². The summed E-state index contributed by atoms with van der Waals surface area (Å²) in [6.45, 7) is 5.70. The number of ether oxygens (including phenoxy) is 3. The van der Waals surface area contributed by atoms with Crippen LogP contribution in [0.2, 0.25) is 0 Å². The zero-order valence-electron chi connectivity index (χ0n) is 18.9. The zero-order valence-corrected chi connectivity index (χ0v) is 18.9. The zero-order chi connectivity index (χ0) is 22.5. The molecule has 0 radical (unpaired) electrons. The van der Waals surface area contributed by atoms with Crippen LogP contribution in [0.3, 0.4) is 0 Å². The van der Waals surface area contributed by atoms with Gasteiger partial charge in [0, 0.05) is 44.4 Å². The Morgan fingerprint density at radius 2 is 2.00 bits per heavy atom. The molecule has 0 unspecified atom stereocenters. The highest BCUT2D eigenvalue weighted by atomic mass is 19.1. The molecule has 1 aliphatic heterocycles. The lowest BCUT2D eigenvalue weighted by atomic mass is 10.1. The van der Waals surface area contributed by atoms with E-state index in [1.165, 1.54) is 17.7 Å². The van der Waals surface area contributed by atoms with Gasteiger partial charge in [0.2, 0.25) is 0 Å². The SMILES string of the molecule is COc1c(C)cccc1CN1CCO[C@H](c2cc(CCOc3ccc(F)cc3)n(C)n2)C1. The predicted octanol–water partition coefficient (Wildman–Crippen LogP) is 4.07. The van der Waals surface area contributed by atoms with Crippen LogP contribution in [0, 0.1) is 12.7 Å². The molecule has 1 aromatic heterocycles. The minimum absolute atomic E-state index is 0.0717. The Hall–Kier alpha value is -2.90. The molecule has 2 aromatic carbocycles. The molecular weight excluding hydrogens is 409 g/mol. The summed E-state index contributed by atoms with van der Waals surface area (Å²) in [4.78, 5) is 2.39. The highest BCUT2D eigenvalue weighted by Crippen LogP contribution is 2.27. The molecular formula is C25H30FN3O3. The van der Waals surface area contributed by atoms with E-state index in [2.05, 4.69) is 36.1 Å². The predicted molar refractivity (Wildman–Crippen MR) is 121 cm³/mol. The molecule has 1 atom stereocenters. The van der Waals surface area contributed by atoms with Crippen LogP contribution in [-0.4, -0.2) is 48.1 Å². The number of nitrogens with zero attached hydrogens (tertiary/aromatic N) is 3. The molecule has 0 amide bonds. The summed E-state index contributed by atoms with van der Waals surface area (Å²) >= 11 is 0. The van der Waals surface area contributed by atoms with E-state index >= 15 is 0 Å². The molecule has 170 valence electrons. The molecule has 2 heterocycles. The fourth-order valence-electron chi connectivity index (χ4n) is 4.12. The van der Waals surface area contributed by atoms with E-state index in [9.17, 15) is 4.39 Å². The molecule has 0 bridgehead atoms. The molecule has 4 rings (SSSR count). The van der Waals surface area contributed by atoms with Gasteiger partial charge in [-0.1, -0.05) is 18.2 Å². The van der Waals surface area contributed by atoms with Gasteiger partial charge >= 0.3 is 0 Å². The molecule has 6 nitrogen and oxygen atoms in total. The van der Waals surface area contributed by atoms with Crippen molar-refractivity contribution in [3.8, 4) is 11.5 Å². The van der Waals surface area contributed by atoms with Crippen molar-refractivity contribution >= 4 is 0 Å². The van der Waals surface area contributed by atoms with Crippen molar-refractivity contribution in [2.75, 3.05) is 33.4 Å². The van der Waals surface area contributed by atoms with Gasteiger partial charge in [0.1, 0.15) is 23.4 Å². The number of aryl methyl sites for hydroxylation is 2. The number of halogens is 1. The van der Waals surface area contributed by atoms with Gasteiger partial charge in [0.15, 0.2) is 0 Å². The maximum absolute atomic E-state index is 13.0. The fourth-order valence-corrected chi connectivity index (χ4v) is 4.12. The third-order valence-electron chi connectivity index (χ3n) is 5.81. The van der Waals surface area contributed by atoms with Gasteiger partial charge in [-0.2, -0.15) is 5.10 Å². The van der Waals surface area contributed by atoms with Crippen molar-refractivity contribution in [3.63, 3.8) is 0 Å². The molecule has 0 spiro atoms. The number of rotatable bonds is 8. The first-order valence-corrected chi connectivity index (χ1v) is 10.9. The number of benzene rings is 2. The molecule has 0 aliphatic carbocycles. The quantitative estimate of drug-likeness (QED) is 0.530. The lowest BCUT2D eigenvalue weighted by Crippen LogP contribution is -2.38. The lowest BCUT2D eigenvalue weighted by molar-refractivity contribution is -0.0353. The Morgan fingerprint density at radius 3 is 2.78 bits per heavy atom. The minimum Gasteiger partial charge on any atom is -0.496 e. The van der Waals surface area contributed by atoms with Crippen LogP contribution < -0.4 is 9.47 Å². The second kappa shape index (κ2) is 10.1. The normalized spacial score (nSPS) is 16.8. The van der Waals surface area contributed by atoms with E-state index in [1.54, 1.807) is 19.2 Å². The van der Waals surface area contributed by atoms with E-state index in [0.29, 0.717) is 25.4 Å². The Labute approximate surface area is 188 Å². The van der Waals surface area contributed by atoms with Crippen LogP contribution in [-0.2, 0) is 24.8 Å². The molecule has 1 aliphatic rings. The second-order valence-electron chi connectivity index (χ2n) is 8.10. The second-order valence-corrected chi connectivity index (χ2v) is 8.10. The van der Waals surface area contributed by atoms with E-state index in [1.807, 2.05) is 11.7 Å². The summed E-state index contributed by atoms with van der Waals surface area (Å²) in [6.07, 6.45) is 0.634. The van der Waals surface area contributed by atoms with Crippen molar-refractivity contribution in [2.24, 2.45) is 7.05 Å². The minimum atomic E-state index is -0.268. The Morgan fingerprint density at radius 1 is 1.19 bits per heavy atom. The third-order valence-corrected chi connectivity index (χ3v) is 5.81. The Balaban J connectivity index is 1.36. The average Bonchev–Trinajstić information content (AvgIpc) is 3.16. The van der Waals surface area contributed by atoms with E-state index in [-0.39, 0.29) is 11.9 Å². The fraction of sp³-hybridized carbons (Fsp3) is 0.400. The van der Waals surface area contributed by atoms with Crippen molar-refractivity contribution in [3.05, 3.63) is 76.9 Å². The number of morpholine rings is 1. The number of methoxy groups -OCH3 is 1. The van der Waals surface area contributed by atoms with Gasteiger partial charge in [0.25, 0.3) is 0 Å². The number of aromatic nitrogens is 2. The Kier molecular flexibility index (Phi) is 7.07. The summed E-state index contributed by atoms with van der Waals surface area (Å²) in [6, 6.07) is 14.4. The van der Waals surface area contributed by atoms with Gasteiger partial charge < -0.3 is 14.2 Å². The number of hydrogen-bond acceptors (Lipinski definition) is 5. The highest BCUT2D eigenvalue weighted by Gasteiger charge is 2.25. The molecule has 0 N–H and O–H groups in total. The van der Waals surface area contributed by atoms with Gasteiger partial charge in [0.05, 0.1) is 26.0 Å². The maximum Gasteiger partial charge on any atom is 0.126 e. The first-order chi connectivity index (χ1) is 15.5. The summed E-state index contributed by atoms with van der Waals surface area (Å²) < 4.78 is 32.3.